The first-order chi connectivity index (χ1) is 17.0. The number of aliphatic carboxylic acids is 1. The van der Waals surface area contributed by atoms with Crippen LogP contribution in [-0.4, -0.2) is 28.7 Å². The van der Waals surface area contributed by atoms with Gasteiger partial charge in [0.15, 0.2) is 11.5 Å². The fraction of sp³-hybridized carbons (Fsp3) is 0.222. The summed E-state index contributed by atoms with van der Waals surface area (Å²) in [6, 6.07) is 16.8. The van der Waals surface area contributed by atoms with Crippen molar-refractivity contribution in [3.05, 3.63) is 94.4 Å². The number of hydrogen-bond donors (Lipinski definition) is 3. The fourth-order valence-corrected chi connectivity index (χ4v) is 4.19. The summed E-state index contributed by atoms with van der Waals surface area (Å²) < 4.78 is 25.5. The van der Waals surface area contributed by atoms with E-state index in [1.54, 1.807) is 30.3 Å². The van der Waals surface area contributed by atoms with E-state index in [-0.39, 0.29) is 19.0 Å². The predicted molar refractivity (Wildman–Crippen MR) is 134 cm³/mol. The van der Waals surface area contributed by atoms with Gasteiger partial charge in [0.05, 0.1) is 11.6 Å². The van der Waals surface area contributed by atoms with Gasteiger partial charge in [-0.3, -0.25) is 4.79 Å². The minimum absolute atomic E-state index is 0.00419. The van der Waals surface area contributed by atoms with Gasteiger partial charge in [0.2, 0.25) is 0 Å². The second kappa shape index (κ2) is 11.3. The molecule has 0 bridgehead atoms. The van der Waals surface area contributed by atoms with Crippen molar-refractivity contribution < 1.29 is 23.8 Å². The van der Waals surface area contributed by atoms with E-state index in [9.17, 15) is 14.3 Å². The summed E-state index contributed by atoms with van der Waals surface area (Å²) in [5.74, 6) is -0.584. The number of nitrogens with one attached hydrogen (secondary N) is 2. The molecule has 0 radical (unpaired) electrons. The van der Waals surface area contributed by atoms with E-state index in [0.717, 1.165) is 22.0 Å². The van der Waals surface area contributed by atoms with Crippen LogP contribution in [0.3, 0.4) is 0 Å². The van der Waals surface area contributed by atoms with Gasteiger partial charge < -0.3 is 24.9 Å². The van der Waals surface area contributed by atoms with Gasteiger partial charge >= 0.3 is 5.97 Å². The Hall–Kier alpha value is -3.55. The molecular formula is C27H26ClFN2O4. The smallest absolute Gasteiger partial charge is 0.321 e. The average molecular weight is 497 g/mol. The number of aromatic amines is 1. The number of benzene rings is 3. The number of carboxylic acids is 1. The standard InChI is InChI=1S/C27H26ClFN2O4/c1-2-34-25-12-17(11-21(28)26(25)35-16-18-7-3-5-9-22(18)29)14-30-24(27(32)33)13-19-15-31-23-10-6-4-8-20(19)23/h3-12,15,24,30-31H,2,13-14,16H2,1H3,(H,32,33)/t24-/m0/s1. The molecule has 4 aromatic rings. The average Bonchev–Trinajstić information content (AvgIpc) is 3.25. The molecule has 4 rings (SSSR count). The van der Waals surface area contributed by atoms with Gasteiger partial charge in [-0.05, 0) is 42.3 Å². The number of para-hydroxylation sites is 1. The van der Waals surface area contributed by atoms with Crippen molar-refractivity contribution in [3.8, 4) is 11.5 Å². The van der Waals surface area contributed by atoms with E-state index in [4.69, 9.17) is 21.1 Å². The first kappa shape index (κ1) is 24.6. The highest BCUT2D eigenvalue weighted by Gasteiger charge is 2.20. The van der Waals surface area contributed by atoms with Gasteiger partial charge in [-0.15, -0.1) is 0 Å². The Bertz CT molecular complexity index is 1320. The highest BCUT2D eigenvalue weighted by atomic mass is 35.5. The summed E-state index contributed by atoms with van der Waals surface area (Å²) in [5.41, 5.74) is 3.02. The lowest BCUT2D eigenvalue weighted by atomic mass is 10.0. The lowest BCUT2D eigenvalue weighted by Gasteiger charge is -2.18. The molecule has 0 aliphatic rings. The van der Waals surface area contributed by atoms with Crippen molar-refractivity contribution in [2.45, 2.75) is 32.5 Å². The van der Waals surface area contributed by atoms with Crippen molar-refractivity contribution in [1.29, 1.82) is 0 Å². The minimum Gasteiger partial charge on any atom is -0.490 e. The van der Waals surface area contributed by atoms with Gasteiger partial charge in [-0.25, -0.2) is 4.39 Å². The molecule has 0 unspecified atom stereocenters. The molecule has 0 saturated carbocycles. The third-order valence-corrected chi connectivity index (χ3v) is 5.93. The van der Waals surface area contributed by atoms with Crippen LogP contribution in [0.25, 0.3) is 10.9 Å². The number of carbonyl (C=O) groups is 1. The highest BCUT2D eigenvalue weighted by Crippen LogP contribution is 2.37. The van der Waals surface area contributed by atoms with Gasteiger partial charge in [-0.1, -0.05) is 48.0 Å². The number of carboxylic acid groups (broad SMARTS) is 1. The van der Waals surface area contributed by atoms with Crippen molar-refractivity contribution in [1.82, 2.24) is 10.3 Å². The number of aromatic nitrogens is 1. The maximum Gasteiger partial charge on any atom is 0.321 e. The Kier molecular flexibility index (Phi) is 7.90. The first-order valence-corrected chi connectivity index (χ1v) is 11.7. The number of rotatable bonds is 11. The molecule has 0 fully saturated rings. The Balaban J connectivity index is 1.48. The van der Waals surface area contributed by atoms with Crippen LogP contribution in [0.5, 0.6) is 11.5 Å². The first-order valence-electron chi connectivity index (χ1n) is 11.3. The summed E-state index contributed by atoms with van der Waals surface area (Å²) in [4.78, 5) is 15.1. The summed E-state index contributed by atoms with van der Waals surface area (Å²) >= 11 is 6.49. The van der Waals surface area contributed by atoms with Gasteiger partial charge in [0, 0.05) is 35.6 Å². The van der Waals surface area contributed by atoms with Crippen LogP contribution in [-0.2, 0) is 24.4 Å². The fourth-order valence-electron chi connectivity index (χ4n) is 3.90. The molecule has 0 spiro atoms. The van der Waals surface area contributed by atoms with Crippen molar-refractivity contribution in [2.75, 3.05) is 6.61 Å². The maximum atomic E-state index is 14.0. The molecule has 3 N–H and O–H groups in total. The zero-order valence-corrected chi connectivity index (χ0v) is 19.9. The van der Waals surface area contributed by atoms with E-state index in [1.165, 1.54) is 6.07 Å². The molecule has 0 amide bonds. The molecule has 1 aromatic heterocycles. The van der Waals surface area contributed by atoms with Gasteiger partial charge in [-0.2, -0.15) is 0 Å². The number of ether oxygens (including phenoxy) is 2. The lowest BCUT2D eigenvalue weighted by Crippen LogP contribution is -2.38. The highest BCUT2D eigenvalue weighted by molar-refractivity contribution is 6.32. The molecule has 0 aliphatic heterocycles. The third-order valence-electron chi connectivity index (χ3n) is 5.65. The Labute approximate surface area is 207 Å². The van der Waals surface area contributed by atoms with Crippen LogP contribution in [0, 0.1) is 5.82 Å². The molecule has 3 aromatic carbocycles. The minimum atomic E-state index is -0.948. The molecule has 1 atom stereocenters. The quantitative estimate of drug-likeness (QED) is 0.247. The zero-order chi connectivity index (χ0) is 24.8. The van der Waals surface area contributed by atoms with Crippen LogP contribution in [0.4, 0.5) is 4.39 Å². The monoisotopic (exact) mass is 496 g/mol. The van der Waals surface area contributed by atoms with E-state index < -0.39 is 12.0 Å². The van der Waals surface area contributed by atoms with E-state index in [0.29, 0.717) is 35.1 Å². The van der Waals surface area contributed by atoms with Crippen molar-refractivity contribution >= 4 is 28.5 Å². The van der Waals surface area contributed by atoms with E-state index in [2.05, 4.69) is 10.3 Å². The number of halogens is 2. The van der Waals surface area contributed by atoms with Crippen LogP contribution in [0.2, 0.25) is 5.02 Å². The van der Waals surface area contributed by atoms with Gasteiger partial charge in [0.25, 0.3) is 0 Å². The normalized spacial score (nSPS) is 12.0. The van der Waals surface area contributed by atoms with Crippen LogP contribution < -0.4 is 14.8 Å². The lowest BCUT2D eigenvalue weighted by molar-refractivity contribution is -0.139. The number of fused-ring (bicyclic) bond motifs is 1. The molecule has 1 heterocycles. The molecule has 182 valence electrons. The molecule has 8 heteroatoms. The van der Waals surface area contributed by atoms with E-state index in [1.807, 2.05) is 37.4 Å². The Morgan fingerprint density at radius 2 is 1.89 bits per heavy atom. The third kappa shape index (κ3) is 5.93. The molecule has 0 aliphatic carbocycles. The molecular weight excluding hydrogens is 471 g/mol. The summed E-state index contributed by atoms with van der Waals surface area (Å²) in [5, 5.41) is 14.2. The number of hydrogen-bond acceptors (Lipinski definition) is 4. The largest absolute Gasteiger partial charge is 0.490 e. The van der Waals surface area contributed by atoms with Crippen LogP contribution in [0.15, 0.2) is 66.9 Å². The van der Waals surface area contributed by atoms with Crippen LogP contribution >= 0.6 is 11.6 Å². The second-order valence-corrected chi connectivity index (χ2v) is 8.46. The zero-order valence-electron chi connectivity index (χ0n) is 19.2. The topological polar surface area (TPSA) is 83.6 Å². The van der Waals surface area contributed by atoms with Gasteiger partial charge in [0.1, 0.15) is 18.5 Å². The Morgan fingerprint density at radius 3 is 2.66 bits per heavy atom. The SMILES string of the molecule is CCOc1cc(CN[C@@H](Cc2c[nH]c3ccccc23)C(=O)O)cc(Cl)c1OCc1ccccc1F. The number of H-pyrrole nitrogens is 1. The second-order valence-electron chi connectivity index (χ2n) is 8.05. The van der Waals surface area contributed by atoms with Crippen molar-refractivity contribution in [2.24, 2.45) is 0 Å². The van der Waals surface area contributed by atoms with Crippen molar-refractivity contribution in [3.63, 3.8) is 0 Å². The summed E-state index contributed by atoms with van der Waals surface area (Å²) in [6.45, 7) is 2.46. The van der Waals surface area contributed by atoms with Crippen LogP contribution in [0.1, 0.15) is 23.6 Å². The maximum absolute atomic E-state index is 14.0. The summed E-state index contributed by atoms with van der Waals surface area (Å²) in [6.07, 6.45) is 2.16. The predicted octanol–water partition coefficient (Wildman–Crippen LogP) is 5.72. The molecule has 0 saturated heterocycles. The summed E-state index contributed by atoms with van der Waals surface area (Å²) in [7, 11) is 0. The van der Waals surface area contributed by atoms with E-state index >= 15 is 0 Å². The molecule has 35 heavy (non-hydrogen) atoms. The Morgan fingerprint density at radius 1 is 1.11 bits per heavy atom. The molecule has 6 nitrogen and oxygen atoms in total.